The van der Waals surface area contributed by atoms with E-state index in [1.165, 1.54) is 13.1 Å². The lowest BCUT2D eigenvalue weighted by Gasteiger charge is -2.21. The fraction of sp³-hybridized carbons (Fsp3) is 0.188. The maximum Gasteiger partial charge on any atom is 0.252 e. The summed E-state index contributed by atoms with van der Waals surface area (Å²) in [5.41, 5.74) is 1.29. The third-order valence-corrected chi connectivity index (χ3v) is 3.54. The highest BCUT2D eigenvalue weighted by molar-refractivity contribution is 9.10. The minimum Gasteiger partial charge on any atom is -0.350 e. The monoisotopic (exact) mass is 361 g/mol. The van der Waals surface area contributed by atoms with Gasteiger partial charge in [-0.3, -0.25) is 14.6 Å². The van der Waals surface area contributed by atoms with Crippen LogP contribution in [0.25, 0.3) is 0 Å². The second kappa shape index (κ2) is 7.70. The number of nitrogens with one attached hydrogen (secondary N) is 1. The molecule has 0 saturated carbocycles. The van der Waals surface area contributed by atoms with Crippen molar-refractivity contribution in [3.63, 3.8) is 0 Å². The Hall–Kier alpha value is -2.21. The Morgan fingerprint density at radius 1 is 1.27 bits per heavy atom. The summed E-state index contributed by atoms with van der Waals surface area (Å²) in [6, 6.07) is 10.9. The zero-order valence-electron chi connectivity index (χ0n) is 12.1. The molecule has 1 N–H and O–H groups in total. The molecule has 22 heavy (non-hydrogen) atoms. The summed E-state index contributed by atoms with van der Waals surface area (Å²) in [6.45, 7) is 2.27. The third-order valence-electron chi connectivity index (χ3n) is 3.04. The van der Waals surface area contributed by atoms with Gasteiger partial charge in [0.25, 0.3) is 5.91 Å². The van der Waals surface area contributed by atoms with E-state index in [4.69, 9.17) is 0 Å². The molecule has 2 amide bonds. The van der Waals surface area contributed by atoms with Gasteiger partial charge in [0.2, 0.25) is 5.91 Å². The van der Waals surface area contributed by atoms with Crippen LogP contribution in [-0.4, -0.2) is 29.9 Å². The van der Waals surface area contributed by atoms with Crippen LogP contribution in [0.1, 0.15) is 17.3 Å². The largest absolute Gasteiger partial charge is 0.350 e. The average Bonchev–Trinajstić information content (AvgIpc) is 2.51. The fourth-order valence-electron chi connectivity index (χ4n) is 1.99. The summed E-state index contributed by atoms with van der Waals surface area (Å²) in [5, 5.41) is 2.78. The predicted molar refractivity (Wildman–Crippen MR) is 88.7 cm³/mol. The number of benzene rings is 1. The molecular formula is C16H16BrN3O2. The smallest absolute Gasteiger partial charge is 0.252 e. The van der Waals surface area contributed by atoms with Crippen molar-refractivity contribution in [1.82, 2.24) is 10.3 Å². The number of pyridine rings is 1. The lowest BCUT2D eigenvalue weighted by Crippen LogP contribution is -2.37. The van der Waals surface area contributed by atoms with E-state index >= 15 is 0 Å². The van der Waals surface area contributed by atoms with Gasteiger partial charge < -0.3 is 10.2 Å². The number of carbonyl (C=O) groups excluding carboxylic acids is 2. The highest BCUT2D eigenvalue weighted by Gasteiger charge is 2.12. The lowest BCUT2D eigenvalue weighted by molar-refractivity contribution is -0.116. The number of rotatable bonds is 5. The quantitative estimate of drug-likeness (QED) is 0.890. The first kappa shape index (κ1) is 16.2. The van der Waals surface area contributed by atoms with Gasteiger partial charge >= 0.3 is 0 Å². The van der Waals surface area contributed by atoms with Crippen molar-refractivity contribution >= 4 is 33.4 Å². The molecule has 0 unspecified atom stereocenters. The molecule has 0 aliphatic rings. The molecule has 114 valence electrons. The Labute approximate surface area is 137 Å². The van der Waals surface area contributed by atoms with Gasteiger partial charge in [0.05, 0.1) is 5.56 Å². The molecule has 0 atom stereocenters. The van der Waals surface area contributed by atoms with E-state index in [9.17, 15) is 9.59 Å². The second-order valence-corrected chi connectivity index (χ2v) is 5.56. The van der Waals surface area contributed by atoms with E-state index in [0.29, 0.717) is 18.7 Å². The maximum absolute atomic E-state index is 11.9. The molecule has 5 nitrogen and oxygen atoms in total. The summed E-state index contributed by atoms with van der Waals surface area (Å²) in [5.74, 6) is -0.278. The van der Waals surface area contributed by atoms with Gasteiger partial charge in [-0.1, -0.05) is 22.0 Å². The molecule has 0 aliphatic heterocycles. The summed E-state index contributed by atoms with van der Waals surface area (Å²) in [7, 11) is 0. The topological polar surface area (TPSA) is 62.3 Å². The van der Waals surface area contributed by atoms with Crippen LogP contribution in [0.4, 0.5) is 5.69 Å². The number of nitrogens with zero attached hydrogens (tertiary/aromatic N) is 2. The van der Waals surface area contributed by atoms with Crippen LogP contribution in [-0.2, 0) is 4.79 Å². The Bertz CT molecular complexity index is 661. The SMILES string of the molecule is CC(=O)N(CCNC(=O)c1cccnc1)c1cccc(Br)c1. The number of halogens is 1. The number of anilines is 1. The molecule has 6 heteroatoms. The molecule has 0 fully saturated rings. The number of amides is 2. The minimum absolute atomic E-state index is 0.0753. The van der Waals surface area contributed by atoms with Crippen LogP contribution >= 0.6 is 15.9 Å². The van der Waals surface area contributed by atoms with Gasteiger partial charge in [-0.25, -0.2) is 0 Å². The number of hydrogen-bond acceptors (Lipinski definition) is 3. The normalized spacial score (nSPS) is 10.1. The predicted octanol–water partition coefficient (Wildman–Crippen LogP) is 2.63. The van der Waals surface area contributed by atoms with Gasteiger partial charge in [-0.05, 0) is 30.3 Å². The molecule has 1 aromatic carbocycles. The van der Waals surface area contributed by atoms with E-state index < -0.39 is 0 Å². The van der Waals surface area contributed by atoms with E-state index in [1.807, 2.05) is 24.3 Å². The first-order valence-electron chi connectivity index (χ1n) is 6.80. The van der Waals surface area contributed by atoms with Crippen molar-refractivity contribution in [2.24, 2.45) is 0 Å². The van der Waals surface area contributed by atoms with Crippen LogP contribution in [0.3, 0.4) is 0 Å². The minimum atomic E-state index is -0.203. The molecule has 0 aliphatic carbocycles. The van der Waals surface area contributed by atoms with Crippen molar-refractivity contribution in [2.75, 3.05) is 18.0 Å². The molecule has 2 aromatic rings. The first-order valence-corrected chi connectivity index (χ1v) is 7.59. The Morgan fingerprint density at radius 2 is 2.09 bits per heavy atom. The highest BCUT2D eigenvalue weighted by Crippen LogP contribution is 2.19. The van der Waals surface area contributed by atoms with Crippen LogP contribution < -0.4 is 10.2 Å². The van der Waals surface area contributed by atoms with Crippen LogP contribution in [0.5, 0.6) is 0 Å². The molecule has 1 heterocycles. The summed E-state index contributed by atoms with van der Waals surface area (Å²) in [4.78, 5) is 29.2. The van der Waals surface area contributed by atoms with Gasteiger partial charge in [0.15, 0.2) is 0 Å². The molecule has 2 rings (SSSR count). The lowest BCUT2D eigenvalue weighted by atomic mass is 10.2. The zero-order chi connectivity index (χ0) is 15.9. The van der Waals surface area contributed by atoms with Crippen LogP contribution in [0.2, 0.25) is 0 Å². The number of carbonyl (C=O) groups is 2. The van der Waals surface area contributed by atoms with Crippen LogP contribution in [0, 0.1) is 0 Å². The van der Waals surface area contributed by atoms with Crippen molar-refractivity contribution in [2.45, 2.75) is 6.92 Å². The Kier molecular flexibility index (Phi) is 5.66. The summed E-state index contributed by atoms with van der Waals surface area (Å²) in [6.07, 6.45) is 3.12. The average molecular weight is 362 g/mol. The second-order valence-electron chi connectivity index (χ2n) is 4.65. The van der Waals surface area contributed by atoms with Gasteiger partial charge in [0.1, 0.15) is 0 Å². The highest BCUT2D eigenvalue weighted by atomic mass is 79.9. The standard InChI is InChI=1S/C16H16BrN3O2/c1-12(21)20(15-6-2-5-14(17)10-15)9-8-19-16(22)13-4-3-7-18-11-13/h2-7,10-11H,8-9H2,1H3,(H,19,22). The Morgan fingerprint density at radius 3 is 2.73 bits per heavy atom. The zero-order valence-corrected chi connectivity index (χ0v) is 13.7. The summed E-state index contributed by atoms with van der Waals surface area (Å²) >= 11 is 3.39. The first-order chi connectivity index (χ1) is 10.6. The Balaban J connectivity index is 1.96. The molecule has 0 saturated heterocycles. The van der Waals surface area contributed by atoms with Crippen molar-refractivity contribution < 1.29 is 9.59 Å². The van der Waals surface area contributed by atoms with Crippen molar-refractivity contribution in [3.05, 3.63) is 58.8 Å². The van der Waals surface area contributed by atoms with Gasteiger partial charge in [-0.2, -0.15) is 0 Å². The van der Waals surface area contributed by atoms with E-state index in [0.717, 1.165) is 10.2 Å². The van der Waals surface area contributed by atoms with Crippen molar-refractivity contribution in [1.29, 1.82) is 0 Å². The maximum atomic E-state index is 11.9. The van der Waals surface area contributed by atoms with Gasteiger partial charge in [0, 0.05) is 42.6 Å². The third kappa shape index (κ3) is 4.39. The van der Waals surface area contributed by atoms with Crippen molar-refractivity contribution in [3.8, 4) is 0 Å². The van der Waals surface area contributed by atoms with Crippen LogP contribution in [0.15, 0.2) is 53.3 Å². The van der Waals surface area contributed by atoms with E-state index in [2.05, 4.69) is 26.2 Å². The molecule has 0 radical (unpaired) electrons. The number of hydrogen-bond donors (Lipinski definition) is 1. The number of aromatic nitrogens is 1. The van der Waals surface area contributed by atoms with Gasteiger partial charge in [-0.15, -0.1) is 0 Å². The molecule has 0 bridgehead atoms. The molecular weight excluding hydrogens is 346 g/mol. The van der Waals surface area contributed by atoms with E-state index in [-0.39, 0.29) is 11.8 Å². The fourth-order valence-corrected chi connectivity index (χ4v) is 2.38. The van der Waals surface area contributed by atoms with E-state index in [1.54, 1.807) is 23.2 Å². The summed E-state index contributed by atoms with van der Waals surface area (Å²) < 4.78 is 0.899. The molecule has 1 aromatic heterocycles. The molecule has 0 spiro atoms.